The molecule has 2 aliphatic rings. The van der Waals surface area contributed by atoms with Crippen molar-refractivity contribution in [3.05, 3.63) is 240 Å². The molecular formula is C68H64N8. The van der Waals surface area contributed by atoms with Gasteiger partial charge in [-0.05, 0) is 152 Å². The van der Waals surface area contributed by atoms with Crippen molar-refractivity contribution in [2.24, 2.45) is 0 Å². The van der Waals surface area contributed by atoms with Crippen LogP contribution in [0.4, 0.5) is 0 Å². The smallest absolute Gasteiger partial charge is 0.0463 e. The Morgan fingerprint density at radius 3 is 0.408 bits per heavy atom. The molecule has 0 aliphatic carbocycles. The molecule has 0 fully saturated rings. The molecule has 0 spiro atoms. The highest BCUT2D eigenvalue weighted by Crippen LogP contribution is 2.43. The van der Waals surface area contributed by atoms with E-state index in [2.05, 4.69) is 289 Å². The molecule has 0 amide bonds. The summed E-state index contributed by atoms with van der Waals surface area (Å²) in [6.45, 7) is 18.2. The largest absolute Gasteiger partial charge is 0.358 e. The van der Waals surface area contributed by atoms with Gasteiger partial charge in [0.2, 0.25) is 0 Å². The minimum absolute atomic E-state index is 0.227. The molecule has 0 unspecified atom stereocenters. The average Bonchev–Trinajstić information content (AvgIpc) is 4.28. The Bertz CT molecular complexity index is 3310. The lowest BCUT2D eigenvalue weighted by Crippen LogP contribution is -2.20. The summed E-state index contributed by atoms with van der Waals surface area (Å²) in [5.74, 6) is 0. The van der Waals surface area contributed by atoms with Crippen molar-refractivity contribution in [1.82, 2.24) is 39.9 Å². The summed E-state index contributed by atoms with van der Waals surface area (Å²) in [4.78, 5) is 30.1. The highest BCUT2D eigenvalue weighted by atomic mass is 14.9. The third kappa shape index (κ3) is 7.65. The SMILES string of the molecule is CC1(C)c2ccc([nH]2)-c2ccccc2-c2ccc([nH]2)C(C)(C)c2ccc([nH]2)-c2ccccc2-c2ccc1[nH]2.CC1(C)c2ccc([nH]2)-c2ccccc2-c2ccc([nH]2)C(C)(C)c2ccc([nH]2)-c2ccccc2-c2ccc1[nH]2. The number of hydrogen-bond donors (Lipinski definition) is 8. The number of benzene rings is 4. The van der Waals surface area contributed by atoms with Crippen molar-refractivity contribution in [3.8, 4) is 90.1 Å². The Labute approximate surface area is 444 Å². The van der Waals surface area contributed by atoms with Crippen LogP contribution in [0, 0.1) is 0 Å². The van der Waals surface area contributed by atoms with Crippen molar-refractivity contribution >= 4 is 0 Å². The first kappa shape index (κ1) is 46.9. The molecule has 0 radical (unpaired) electrons. The lowest BCUT2D eigenvalue weighted by atomic mass is 9.86. The van der Waals surface area contributed by atoms with Crippen LogP contribution >= 0.6 is 0 Å². The van der Waals surface area contributed by atoms with Crippen molar-refractivity contribution in [3.63, 3.8) is 0 Å². The van der Waals surface area contributed by atoms with Gasteiger partial charge in [-0.2, -0.15) is 0 Å². The minimum atomic E-state index is -0.227. The molecular weight excluding hydrogens is 929 g/mol. The Morgan fingerprint density at radius 1 is 0.171 bits per heavy atom. The molecule has 8 aromatic heterocycles. The van der Waals surface area contributed by atoms with Gasteiger partial charge in [-0.15, -0.1) is 0 Å². The third-order valence-corrected chi connectivity index (χ3v) is 16.9. The van der Waals surface area contributed by atoms with E-state index in [4.69, 9.17) is 0 Å². The number of fused-ring (bicyclic) bond motifs is 28. The Morgan fingerprint density at radius 2 is 0.289 bits per heavy atom. The number of hydrogen-bond acceptors (Lipinski definition) is 0. The van der Waals surface area contributed by atoms with E-state index in [1.807, 2.05) is 0 Å². The Kier molecular flexibility index (Phi) is 10.7. The molecule has 8 heteroatoms. The summed E-state index contributed by atoms with van der Waals surface area (Å²) in [6, 6.07) is 69.9. The number of rotatable bonds is 0. The summed E-state index contributed by atoms with van der Waals surface area (Å²) in [6.07, 6.45) is 0. The van der Waals surface area contributed by atoms with Crippen LogP contribution in [0.5, 0.6) is 0 Å². The van der Waals surface area contributed by atoms with E-state index >= 15 is 0 Å². The van der Waals surface area contributed by atoms with E-state index in [-0.39, 0.29) is 21.7 Å². The first-order chi connectivity index (χ1) is 36.6. The molecule has 16 bridgehead atoms. The van der Waals surface area contributed by atoms with Gasteiger partial charge in [-0.3, -0.25) is 0 Å². The van der Waals surface area contributed by atoms with Crippen LogP contribution < -0.4 is 0 Å². The molecule has 14 rings (SSSR count). The van der Waals surface area contributed by atoms with Gasteiger partial charge >= 0.3 is 0 Å². The summed E-state index contributed by atoms with van der Waals surface area (Å²) in [5.41, 5.74) is 26.9. The van der Waals surface area contributed by atoms with Crippen molar-refractivity contribution in [2.75, 3.05) is 0 Å². The van der Waals surface area contributed by atoms with E-state index in [1.54, 1.807) is 0 Å². The number of aromatic amines is 8. The zero-order chi connectivity index (χ0) is 52.1. The van der Waals surface area contributed by atoms with E-state index < -0.39 is 0 Å². The van der Waals surface area contributed by atoms with E-state index in [1.165, 1.54) is 90.1 Å². The summed E-state index contributed by atoms with van der Waals surface area (Å²) in [7, 11) is 0. The fourth-order valence-corrected chi connectivity index (χ4v) is 11.7. The zero-order valence-electron chi connectivity index (χ0n) is 44.5. The van der Waals surface area contributed by atoms with Crippen molar-refractivity contribution in [1.29, 1.82) is 0 Å². The monoisotopic (exact) mass is 993 g/mol. The predicted molar refractivity (Wildman–Crippen MR) is 313 cm³/mol. The maximum Gasteiger partial charge on any atom is 0.0463 e. The second-order valence-corrected chi connectivity index (χ2v) is 23.0. The number of H-pyrrole nitrogens is 8. The first-order valence-corrected chi connectivity index (χ1v) is 26.6. The minimum Gasteiger partial charge on any atom is -0.358 e. The molecule has 2 aliphatic heterocycles. The van der Waals surface area contributed by atoms with Gasteiger partial charge in [0.05, 0.1) is 0 Å². The fourth-order valence-electron chi connectivity index (χ4n) is 11.7. The fraction of sp³-hybridized carbons (Fsp3) is 0.176. The molecule has 0 atom stereocenters. The molecule has 376 valence electrons. The molecule has 4 aromatic carbocycles. The van der Waals surface area contributed by atoms with Crippen molar-refractivity contribution in [2.45, 2.75) is 77.0 Å². The van der Waals surface area contributed by atoms with E-state index in [0.29, 0.717) is 0 Å². The van der Waals surface area contributed by atoms with Gasteiger partial charge in [0.15, 0.2) is 0 Å². The summed E-state index contributed by atoms with van der Waals surface area (Å²) >= 11 is 0. The zero-order valence-corrected chi connectivity index (χ0v) is 44.5. The van der Waals surface area contributed by atoms with Crippen LogP contribution in [0.15, 0.2) is 194 Å². The van der Waals surface area contributed by atoms with Crippen LogP contribution in [-0.4, -0.2) is 39.9 Å². The van der Waals surface area contributed by atoms with E-state index in [0.717, 1.165) is 45.6 Å². The number of nitrogens with one attached hydrogen (secondary N) is 8. The Hall–Kier alpha value is -8.88. The predicted octanol–water partition coefficient (Wildman–Crippen LogP) is 17.3. The molecule has 76 heavy (non-hydrogen) atoms. The number of aromatic nitrogens is 8. The molecule has 12 aromatic rings. The van der Waals surface area contributed by atoms with Gasteiger partial charge in [0, 0.05) is 157 Å². The Balaban J connectivity index is 0.000000146. The van der Waals surface area contributed by atoms with Gasteiger partial charge in [0.25, 0.3) is 0 Å². The first-order valence-electron chi connectivity index (χ1n) is 26.6. The van der Waals surface area contributed by atoms with Gasteiger partial charge in [-0.25, -0.2) is 0 Å². The quantitative estimate of drug-likeness (QED) is 0.0737. The van der Waals surface area contributed by atoms with Gasteiger partial charge in [-0.1, -0.05) is 97.1 Å². The van der Waals surface area contributed by atoms with Crippen LogP contribution in [0.1, 0.15) is 101 Å². The van der Waals surface area contributed by atoms with Gasteiger partial charge in [0.1, 0.15) is 0 Å². The van der Waals surface area contributed by atoms with Crippen LogP contribution in [-0.2, 0) is 21.7 Å². The highest BCUT2D eigenvalue weighted by molar-refractivity contribution is 5.85. The second kappa shape index (κ2) is 17.4. The topological polar surface area (TPSA) is 126 Å². The molecule has 10 heterocycles. The lowest BCUT2D eigenvalue weighted by Gasteiger charge is -2.23. The average molecular weight is 993 g/mol. The van der Waals surface area contributed by atoms with Crippen LogP contribution in [0.25, 0.3) is 90.1 Å². The molecule has 8 nitrogen and oxygen atoms in total. The normalized spacial score (nSPS) is 15.3. The highest BCUT2D eigenvalue weighted by Gasteiger charge is 2.32. The summed E-state index contributed by atoms with van der Waals surface area (Å²) in [5, 5.41) is 0. The lowest BCUT2D eigenvalue weighted by molar-refractivity contribution is 0.604. The van der Waals surface area contributed by atoms with Crippen molar-refractivity contribution < 1.29 is 0 Å². The maximum absolute atomic E-state index is 3.76. The molecule has 8 N–H and O–H groups in total. The maximum atomic E-state index is 3.76. The molecule has 0 saturated heterocycles. The second-order valence-electron chi connectivity index (χ2n) is 23.0. The third-order valence-electron chi connectivity index (χ3n) is 16.9. The van der Waals surface area contributed by atoms with E-state index in [9.17, 15) is 0 Å². The van der Waals surface area contributed by atoms with Crippen LogP contribution in [0.3, 0.4) is 0 Å². The van der Waals surface area contributed by atoms with Crippen LogP contribution in [0.2, 0.25) is 0 Å². The summed E-state index contributed by atoms with van der Waals surface area (Å²) < 4.78 is 0. The standard InChI is InChI=1S/2C34H32N4/c2*1-33(2)29-17-13-25(35-29)21-9-5-7-11-23(21)27-15-19-31(37-27)34(3,4)32-20-16-28(38-32)24-12-8-6-10-22(24)26-14-18-30(33)36-26/h2*5-20,35-38H,1-4H3. The van der Waals surface area contributed by atoms with Gasteiger partial charge < -0.3 is 39.9 Å². The molecule has 0 saturated carbocycles.